The number of nitrogens with zero attached hydrogens (tertiary/aromatic N) is 4. The van der Waals surface area contributed by atoms with Gasteiger partial charge in [-0.25, -0.2) is 4.79 Å². The van der Waals surface area contributed by atoms with E-state index in [0.29, 0.717) is 19.6 Å². The van der Waals surface area contributed by atoms with Crippen LogP contribution in [-0.2, 0) is 0 Å². The van der Waals surface area contributed by atoms with Gasteiger partial charge in [0.05, 0.1) is 6.04 Å². The second kappa shape index (κ2) is 7.18. The fourth-order valence-corrected chi connectivity index (χ4v) is 2.32. The minimum absolute atomic E-state index is 0.0499. The summed E-state index contributed by atoms with van der Waals surface area (Å²) in [5, 5.41) is 11.9. The molecule has 7 heteroatoms. The maximum Gasteiger partial charge on any atom is 0.319 e. The van der Waals surface area contributed by atoms with Gasteiger partial charge in [0.15, 0.2) is 5.84 Å². The van der Waals surface area contributed by atoms with Gasteiger partial charge in [0, 0.05) is 39.8 Å². The van der Waals surface area contributed by atoms with Gasteiger partial charge in [-0.05, 0) is 13.3 Å². The van der Waals surface area contributed by atoms with Crippen molar-refractivity contribution in [2.24, 2.45) is 10.9 Å². The number of hydrogen-bond donors (Lipinski definition) is 2. The van der Waals surface area contributed by atoms with Crippen LogP contribution in [0.4, 0.5) is 4.79 Å². The molecule has 1 heterocycles. The summed E-state index contributed by atoms with van der Waals surface area (Å²) in [6.45, 7) is 7.53. The largest absolute Gasteiger partial charge is 0.409 e. The van der Waals surface area contributed by atoms with Crippen molar-refractivity contribution in [2.45, 2.75) is 26.3 Å². The first-order valence-corrected chi connectivity index (χ1v) is 6.76. The summed E-state index contributed by atoms with van der Waals surface area (Å²) >= 11 is 0. The molecule has 0 bridgehead atoms. The highest BCUT2D eigenvalue weighted by Crippen LogP contribution is 2.11. The molecule has 2 amide bonds. The Kier molecular flexibility index (Phi) is 5.88. The van der Waals surface area contributed by atoms with Crippen molar-refractivity contribution in [1.82, 2.24) is 14.7 Å². The molecule has 1 aliphatic rings. The van der Waals surface area contributed by atoms with E-state index in [4.69, 9.17) is 10.9 Å². The topological polar surface area (TPSA) is 85.4 Å². The summed E-state index contributed by atoms with van der Waals surface area (Å²) in [4.78, 5) is 17.7. The molecule has 0 aliphatic carbocycles. The van der Waals surface area contributed by atoms with Crippen LogP contribution in [0.15, 0.2) is 5.16 Å². The minimum Gasteiger partial charge on any atom is -0.409 e. The van der Waals surface area contributed by atoms with Crippen molar-refractivity contribution >= 4 is 11.9 Å². The maximum absolute atomic E-state index is 12.0. The number of hydrogen-bond acceptors (Lipinski definition) is 4. The van der Waals surface area contributed by atoms with Gasteiger partial charge in [0.1, 0.15) is 0 Å². The van der Waals surface area contributed by atoms with Crippen LogP contribution >= 0.6 is 0 Å². The molecule has 1 atom stereocenters. The van der Waals surface area contributed by atoms with Crippen LogP contribution in [0.3, 0.4) is 0 Å². The molecule has 1 fully saturated rings. The van der Waals surface area contributed by atoms with Gasteiger partial charge in [-0.2, -0.15) is 0 Å². The van der Waals surface area contributed by atoms with Crippen LogP contribution < -0.4 is 5.73 Å². The van der Waals surface area contributed by atoms with Crippen molar-refractivity contribution in [3.63, 3.8) is 0 Å². The molecule has 7 nitrogen and oxygen atoms in total. The molecule has 110 valence electrons. The van der Waals surface area contributed by atoms with E-state index >= 15 is 0 Å². The monoisotopic (exact) mass is 271 g/mol. The minimum atomic E-state index is -0.0499. The number of oxime groups is 1. The number of urea groups is 1. The SMILES string of the molecule is CCC(C(N)=NO)N1CCN(C(=O)N(C)CC)CC1. The van der Waals surface area contributed by atoms with Crippen LogP contribution in [-0.4, -0.2) is 77.6 Å². The van der Waals surface area contributed by atoms with E-state index < -0.39 is 0 Å². The lowest BCUT2D eigenvalue weighted by molar-refractivity contribution is 0.108. The summed E-state index contributed by atoms with van der Waals surface area (Å²) in [6.07, 6.45) is 0.790. The Morgan fingerprint density at radius 3 is 2.37 bits per heavy atom. The Bertz CT molecular complexity index is 326. The molecule has 19 heavy (non-hydrogen) atoms. The summed E-state index contributed by atoms with van der Waals surface area (Å²) in [5.41, 5.74) is 5.69. The van der Waals surface area contributed by atoms with Gasteiger partial charge in [0.2, 0.25) is 0 Å². The zero-order valence-electron chi connectivity index (χ0n) is 12.0. The normalized spacial score (nSPS) is 19.3. The van der Waals surface area contributed by atoms with Gasteiger partial charge in [-0.3, -0.25) is 4.90 Å². The van der Waals surface area contributed by atoms with E-state index in [1.165, 1.54) is 0 Å². The third-order valence-corrected chi connectivity index (χ3v) is 3.67. The van der Waals surface area contributed by atoms with E-state index in [1.807, 2.05) is 18.7 Å². The second-order valence-corrected chi connectivity index (χ2v) is 4.77. The van der Waals surface area contributed by atoms with Gasteiger partial charge in [-0.1, -0.05) is 12.1 Å². The molecular weight excluding hydrogens is 246 g/mol. The van der Waals surface area contributed by atoms with Crippen LogP contribution in [0.25, 0.3) is 0 Å². The Hall–Kier alpha value is -1.50. The van der Waals surface area contributed by atoms with Crippen LogP contribution in [0.5, 0.6) is 0 Å². The Labute approximate surface area is 114 Å². The lowest BCUT2D eigenvalue weighted by atomic mass is 10.1. The summed E-state index contributed by atoms with van der Waals surface area (Å²) in [7, 11) is 1.81. The molecule has 1 unspecified atom stereocenters. The summed E-state index contributed by atoms with van der Waals surface area (Å²) < 4.78 is 0. The Balaban J connectivity index is 2.55. The van der Waals surface area contributed by atoms with E-state index in [-0.39, 0.29) is 17.9 Å². The first-order valence-electron chi connectivity index (χ1n) is 6.76. The average Bonchev–Trinajstić information content (AvgIpc) is 2.46. The second-order valence-electron chi connectivity index (χ2n) is 4.77. The first-order chi connectivity index (χ1) is 9.04. The number of piperazine rings is 1. The lowest BCUT2D eigenvalue weighted by Crippen LogP contribution is -2.56. The number of rotatable bonds is 4. The van der Waals surface area contributed by atoms with E-state index in [9.17, 15) is 4.79 Å². The quantitative estimate of drug-likeness (QED) is 0.331. The molecule has 0 spiro atoms. The first kappa shape index (κ1) is 15.6. The number of nitrogens with two attached hydrogens (primary N) is 1. The molecule has 0 aromatic heterocycles. The van der Waals surface area contributed by atoms with Crippen LogP contribution in [0.1, 0.15) is 20.3 Å². The number of amidine groups is 1. The zero-order chi connectivity index (χ0) is 14.4. The smallest absolute Gasteiger partial charge is 0.319 e. The molecular formula is C12H25N5O2. The van der Waals surface area contributed by atoms with E-state index in [0.717, 1.165) is 19.5 Å². The van der Waals surface area contributed by atoms with Crippen molar-refractivity contribution in [3.05, 3.63) is 0 Å². The predicted octanol–water partition coefficient (Wildman–Crippen LogP) is 0.201. The molecule has 1 aliphatic heterocycles. The van der Waals surface area contributed by atoms with Crippen molar-refractivity contribution < 1.29 is 10.0 Å². The van der Waals surface area contributed by atoms with Crippen LogP contribution in [0, 0.1) is 0 Å². The molecule has 0 saturated carbocycles. The molecule has 1 rings (SSSR count). The van der Waals surface area contributed by atoms with Gasteiger partial charge in [0.25, 0.3) is 0 Å². The highest BCUT2D eigenvalue weighted by Gasteiger charge is 2.28. The number of carbonyl (C=O) groups is 1. The maximum atomic E-state index is 12.0. The molecule has 0 aromatic carbocycles. The lowest BCUT2D eigenvalue weighted by Gasteiger charge is -2.39. The molecule has 1 saturated heterocycles. The van der Waals surface area contributed by atoms with Gasteiger partial charge in [-0.15, -0.1) is 0 Å². The average molecular weight is 271 g/mol. The highest BCUT2D eigenvalue weighted by molar-refractivity contribution is 5.85. The summed E-state index contributed by atoms with van der Waals surface area (Å²) in [6, 6.07) is 0.0187. The zero-order valence-corrected chi connectivity index (χ0v) is 12.0. The Morgan fingerprint density at radius 2 is 1.95 bits per heavy atom. The van der Waals surface area contributed by atoms with Gasteiger partial charge < -0.3 is 20.7 Å². The molecule has 3 N–H and O–H groups in total. The van der Waals surface area contributed by atoms with Gasteiger partial charge >= 0.3 is 6.03 Å². The molecule has 0 radical (unpaired) electrons. The van der Waals surface area contributed by atoms with E-state index in [1.54, 1.807) is 11.9 Å². The van der Waals surface area contributed by atoms with Crippen molar-refractivity contribution in [1.29, 1.82) is 0 Å². The predicted molar refractivity (Wildman–Crippen MR) is 74.3 cm³/mol. The third kappa shape index (κ3) is 3.73. The van der Waals surface area contributed by atoms with E-state index in [2.05, 4.69) is 10.1 Å². The highest BCUT2D eigenvalue weighted by atomic mass is 16.4. The summed E-state index contributed by atoms with van der Waals surface area (Å²) in [5.74, 6) is 0.243. The fourth-order valence-electron chi connectivity index (χ4n) is 2.32. The van der Waals surface area contributed by atoms with Crippen molar-refractivity contribution in [3.8, 4) is 0 Å². The Morgan fingerprint density at radius 1 is 1.37 bits per heavy atom. The number of amides is 2. The number of carbonyl (C=O) groups excluding carboxylic acids is 1. The molecule has 0 aromatic rings. The van der Waals surface area contributed by atoms with Crippen molar-refractivity contribution in [2.75, 3.05) is 39.8 Å². The standard InChI is InChI=1S/C12H25N5O2/c1-4-10(11(13)14-19)16-6-8-17(9-7-16)12(18)15(3)5-2/h10,19H,4-9H2,1-3H3,(H2,13,14). The fraction of sp³-hybridized carbons (Fsp3) is 0.833. The third-order valence-electron chi connectivity index (χ3n) is 3.67. The van der Waals surface area contributed by atoms with Crippen LogP contribution in [0.2, 0.25) is 0 Å².